The molecule has 86 valence electrons. The number of carbonyl (C=O) groups is 2. The monoisotopic (exact) mass is 242 g/mol. The lowest BCUT2D eigenvalue weighted by Gasteiger charge is -2.12. The van der Waals surface area contributed by atoms with Crippen molar-refractivity contribution in [2.24, 2.45) is 5.92 Å². The maximum Gasteiger partial charge on any atom is 0.326 e. The molecule has 1 amide bonds. The lowest BCUT2D eigenvalue weighted by atomic mass is 10.2. The van der Waals surface area contributed by atoms with E-state index in [0.29, 0.717) is 5.02 Å². The summed E-state index contributed by atoms with van der Waals surface area (Å²) in [7, 11) is 0. The average molecular weight is 243 g/mol. The largest absolute Gasteiger partial charge is 0.480 e. The third kappa shape index (κ3) is 2.36. The zero-order valence-electron chi connectivity index (χ0n) is 8.37. The molecule has 6 heteroatoms. The summed E-state index contributed by atoms with van der Waals surface area (Å²) in [6.45, 7) is 0. The topological polar surface area (TPSA) is 82.2 Å². The Balaban J connectivity index is 2.02. The summed E-state index contributed by atoms with van der Waals surface area (Å²) in [4.78, 5) is 25.2. The fraction of sp³-hybridized carbons (Fsp3) is 0.400. The Bertz CT molecular complexity index is 425. The molecule has 3 N–H and O–H groups in total. The number of aromatic nitrogens is 1. The van der Waals surface area contributed by atoms with Gasteiger partial charge in [-0.15, -0.1) is 0 Å². The Hall–Kier alpha value is -1.49. The smallest absolute Gasteiger partial charge is 0.326 e. The molecule has 5 nitrogen and oxygen atoms in total. The number of carboxylic acids is 1. The summed E-state index contributed by atoms with van der Waals surface area (Å²) in [6, 6.07) is 0.664. The second kappa shape index (κ2) is 4.17. The van der Waals surface area contributed by atoms with Crippen LogP contribution in [-0.4, -0.2) is 28.0 Å². The molecule has 0 radical (unpaired) electrons. The van der Waals surface area contributed by atoms with Crippen LogP contribution in [0.3, 0.4) is 0 Å². The molecular formula is C10H11ClN2O3. The molecule has 1 aromatic rings. The van der Waals surface area contributed by atoms with Gasteiger partial charge in [0.25, 0.3) is 5.91 Å². The van der Waals surface area contributed by atoms with E-state index in [0.717, 1.165) is 12.8 Å². The molecule has 1 aliphatic rings. The van der Waals surface area contributed by atoms with Gasteiger partial charge < -0.3 is 15.4 Å². The SMILES string of the molecule is O=C(NC(C(=O)O)C1CC1)c1cc(Cl)c[nH]1. The fourth-order valence-corrected chi connectivity index (χ4v) is 1.69. The average Bonchev–Trinajstić information content (AvgIpc) is 2.96. The van der Waals surface area contributed by atoms with Crippen molar-refractivity contribution >= 4 is 23.5 Å². The quantitative estimate of drug-likeness (QED) is 0.743. The molecule has 1 heterocycles. The second-order valence-corrected chi connectivity index (χ2v) is 4.29. The molecule has 1 unspecified atom stereocenters. The maximum atomic E-state index is 11.6. The zero-order chi connectivity index (χ0) is 11.7. The second-order valence-electron chi connectivity index (χ2n) is 3.86. The van der Waals surface area contributed by atoms with Crippen molar-refractivity contribution in [3.8, 4) is 0 Å². The first-order valence-electron chi connectivity index (χ1n) is 4.95. The van der Waals surface area contributed by atoms with E-state index >= 15 is 0 Å². The Morgan fingerprint density at radius 2 is 2.25 bits per heavy atom. The van der Waals surface area contributed by atoms with Gasteiger partial charge >= 0.3 is 5.97 Å². The van der Waals surface area contributed by atoms with Crippen molar-refractivity contribution in [1.29, 1.82) is 0 Å². The summed E-state index contributed by atoms with van der Waals surface area (Å²) in [5.74, 6) is -1.37. The van der Waals surface area contributed by atoms with Gasteiger partial charge in [0.2, 0.25) is 0 Å². The van der Waals surface area contributed by atoms with Gasteiger partial charge in [-0.3, -0.25) is 4.79 Å². The first-order valence-corrected chi connectivity index (χ1v) is 5.33. The highest BCUT2D eigenvalue weighted by atomic mass is 35.5. The van der Waals surface area contributed by atoms with Gasteiger partial charge in [-0.25, -0.2) is 4.79 Å². The van der Waals surface area contributed by atoms with Crippen molar-refractivity contribution in [2.45, 2.75) is 18.9 Å². The van der Waals surface area contributed by atoms with Crippen LogP contribution in [0.5, 0.6) is 0 Å². The predicted molar refractivity (Wildman–Crippen MR) is 57.4 cm³/mol. The van der Waals surface area contributed by atoms with Crippen LogP contribution < -0.4 is 5.32 Å². The van der Waals surface area contributed by atoms with Crippen LogP contribution in [0.1, 0.15) is 23.3 Å². The minimum atomic E-state index is -0.992. The van der Waals surface area contributed by atoms with Crippen molar-refractivity contribution in [2.75, 3.05) is 0 Å². The van der Waals surface area contributed by atoms with Gasteiger partial charge in [0.1, 0.15) is 11.7 Å². The van der Waals surface area contributed by atoms with Crippen molar-refractivity contribution in [1.82, 2.24) is 10.3 Å². The van der Waals surface area contributed by atoms with Crippen LogP contribution in [0.2, 0.25) is 5.02 Å². The van der Waals surface area contributed by atoms with Gasteiger partial charge in [0.15, 0.2) is 0 Å². The molecule has 0 aliphatic heterocycles. The summed E-state index contributed by atoms with van der Waals surface area (Å²) >= 11 is 5.65. The summed E-state index contributed by atoms with van der Waals surface area (Å²) in [5.41, 5.74) is 0.275. The minimum Gasteiger partial charge on any atom is -0.480 e. The number of hydrogen-bond acceptors (Lipinski definition) is 2. The third-order valence-electron chi connectivity index (χ3n) is 2.54. The van der Waals surface area contributed by atoms with Gasteiger partial charge in [-0.05, 0) is 24.8 Å². The van der Waals surface area contributed by atoms with Gasteiger partial charge in [0.05, 0.1) is 5.02 Å². The molecule has 1 aromatic heterocycles. The number of amides is 1. The van der Waals surface area contributed by atoms with Crippen LogP contribution in [0.25, 0.3) is 0 Å². The molecule has 2 rings (SSSR count). The van der Waals surface area contributed by atoms with E-state index in [9.17, 15) is 9.59 Å². The van der Waals surface area contributed by atoms with Crippen molar-refractivity contribution in [3.63, 3.8) is 0 Å². The van der Waals surface area contributed by atoms with E-state index in [4.69, 9.17) is 16.7 Å². The third-order valence-corrected chi connectivity index (χ3v) is 2.76. The van der Waals surface area contributed by atoms with Crippen molar-refractivity contribution in [3.05, 3.63) is 23.0 Å². The van der Waals surface area contributed by atoms with E-state index in [1.807, 2.05) is 0 Å². The number of nitrogens with one attached hydrogen (secondary N) is 2. The summed E-state index contributed by atoms with van der Waals surface area (Å²) in [6.07, 6.45) is 3.18. The molecule has 0 saturated heterocycles. The summed E-state index contributed by atoms with van der Waals surface area (Å²) < 4.78 is 0. The minimum absolute atomic E-state index is 0.0619. The summed E-state index contributed by atoms with van der Waals surface area (Å²) in [5, 5.41) is 11.8. The van der Waals surface area contributed by atoms with Crippen LogP contribution >= 0.6 is 11.6 Å². The Morgan fingerprint density at radius 3 is 2.69 bits per heavy atom. The molecule has 0 bridgehead atoms. The number of halogens is 1. The fourth-order valence-electron chi connectivity index (χ4n) is 1.53. The highest BCUT2D eigenvalue weighted by Gasteiger charge is 2.37. The Kier molecular flexibility index (Phi) is 2.87. The number of hydrogen-bond donors (Lipinski definition) is 3. The predicted octanol–water partition coefficient (Wildman–Crippen LogP) is 1.26. The molecule has 0 aromatic carbocycles. The molecular weight excluding hydrogens is 232 g/mol. The lowest BCUT2D eigenvalue weighted by molar-refractivity contribution is -0.139. The molecule has 1 saturated carbocycles. The van der Waals surface area contributed by atoms with Crippen LogP contribution in [0.15, 0.2) is 12.3 Å². The van der Waals surface area contributed by atoms with E-state index in [1.165, 1.54) is 12.3 Å². The Labute approximate surface area is 96.8 Å². The maximum absolute atomic E-state index is 11.6. The first-order chi connectivity index (χ1) is 7.58. The number of carboxylic acid groups (broad SMARTS) is 1. The van der Waals surface area contributed by atoms with Gasteiger partial charge in [-0.2, -0.15) is 0 Å². The standard InChI is InChI=1S/C10H11ClN2O3/c11-6-3-7(12-4-6)9(14)13-8(10(15)16)5-1-2-5/h3-5,8,12H,1-2H2,(H,13,14)(H,15,16). The number of aromatic amines is 1. The highest BCUT2D eigenvalue weighted by molar-refractivity contribution is 6.30. The molecule has 1 aliphatic carbocycles. The number of carbonyl (C=O) groups excluding carboxylic acids is 1. The first kappa shape index (κ1) is 11.0. The van der Waals surface area contributed by atoms with Gasteiger partial charge in [0, 0.05) is 6.20 Å². The number of rotatable bonds is 4. The molecule has 1 atom stereocenters. The number of H-pyrrole nitrogens is 1. The van der Waals surface area contributed by atoms with E-state index in [2.05, 4.69) is 10.3 Å². The van der Waals surface area contributed by atoms with E-state index in [-0.39, 0.29) is 11.6 Å². The van der Waals surface area contributed by atoms with Crippen LogP contribution in [0.4, 0.5) is 0 Å². The van der Waals surface area contributed by atoms with Crippen molar-refractivity contribution < 1.29 is 14.7 Å². The van der Waals surface area contributed by atoms with Crippen LogP contribution in [0, 0.1) is 5.92 Å². The zero-order valence-corrected chi connectivity index (χ0v) is 9.12. The highest BCUT2D eigenvalue weighted by Crippen LogP contribution is 2.32. The lowest BCUT2D eigenvalue weighted by Crippen LogP contribution is -2.42. The molecule has 0 spiro atoms. The molecule has 16 heavy (non-hydrogen) atoms. The molecule has 1 fully saturated rings. The van der Waals surface area contributed by atoms with E-state index in [1.54, 1.807) is 0 Å². The van der Waals surface area contributed by atoms with Crippen LogP contribution in [-0.2, 0) is 4.79 Å². The Morgan fingerprint density at radius 1 is 1.56 bits per heavy atom. The van der Waals surface area contributed by atoms with E-state index < -0.39 is 17.9 Å². The normalized spacial score (nSPS) is 16.8. The number of aliphatic carboxylic acids is 1. The van der Waals surface area contributed by atoms with Gasteiger partial charge in [-0.1, -0.05) is 11.6 Å².